The highest BCUT2D eigenvalue weighted by molar-refractivity contribution is 5.59. The zero-order chi connectivity index (χ0) is 12.4. The molecule has 18 heavy (non-hydrogen) atoms. The Morgan fingerprint density at radius 3 is 3.06 bits per heavy atom. The number of nitrogens with one attached hydrogen (secondary N) is 1. The van der Waals surface area contributed by atoms with E-state index in [4.69, 9.17) is 0 Å². The molecule has 0 atom stereocenters. The van der Waals surface area contributed by atoms with Crippen LogP contribution in [-0.4, -0.2) is 16.3 Å². The third kappa shape index (κ3) is 2.13. The predicted molar refractivity (Wildman–Crippen MR) is 73.9 cm³/mol. The van der Waals surface area contributed by atoms with Crippen molar-refractivity contribution in [2.45, 2.75) is 25.7 Å². The molecule has 1 aliphatic heterocycles. The summed E-state index contributed by atoms with van der Waals surface area (Å²) >= 11 is 0. The van der Waals surface area contributed by atoms with E-state index in [0.717, 1.165) is 19.4 Å². The Hall–Kier alpha value is -1.77. The maximum absolute atomic E-state index is 4.22. The van der Waals surface area contributed by atoms with Crippen LogP contribution in [0.5, 0.6) is 0 Å². The molecule has 0 amide bonds. The summed E-state index contributed by atoms with van der Waals surface area (Å²) in [4.78, 5) is 0. The van der Waals surface area contributed by atoms with Crippen LogP contribution in [0.15, 0.2) is 30.5 Å². The van der Waals surface area contributed by atoms with Crippen LogP contribution in [-0.2, 0) is 26.3 Å². The van der Waals surface area contributed by atoms with E-state index in [1.165, 1.54) is 35.3 Å². The van der Waals surface area contributed by atoms with Crippen LogP contribution in [0.25, 0.3) is 0 Å². The Bertz CT molecular complexity index is 542. The second kappa shape index (κ2) is 4.84. The molecule has 2 aromatic rings. The van der Waals surface area contributed by atoms with Crippen LogP contribution in [0.3, 0.4) is 0 Å². The molecule has 0 spiro atoms. The number of hydrogen-bond acceptors (Lipinski definition) is 2. The third-order valence-corrected chi connectivity index (χ3v) is 3.73. The van der Waals surface area contributed by atoms with Crippen LogP contribution in [0.2, 0.25) is 0 Å². The molecule has 0 unspecified atom stereocenters. The summed E-state index contributed by atoms with van der Waals surface area (Å²) in [6, 6.07) is 8.77. The fraction of sp³-hybridized carbons (Fsp3) is 0.400. The molecular formula is C15H19N3. The van der Waals surface area contributed by atoms with E-state index >= 15 is 0 Å². The van der Waals surface area contributed by atoms with Gasteiger partial charge in [0.05, 0.1) is 0 Å². The predicted octanol–water partition coefficient (Wildman–Crippen LogP) is 2.56. The SMILES string of the molecule is Cn1nccc1CCc1cccc2c1NCCC2. The van der Waals surface area contributed by atoms with Crippen molar-refractivity contribution >= 4 is 5.69 Å². The van der Waals surface area contributed by atoms with Crippen LogP contribution in [0, 0.1) is 0 Å². The van der Waals surface area contributed by atoms with Crippen LogP contribution < -0.4 is 5.32 Å². The standard InChI is InChI=1S/C15H19N3/c1-18-14(9-11-17-18)8-7-13-5-2-4-12-6-3-10-16-15(12)13/h2,4-5,9,11,16H,3,6-8,10H2,1H3. The van der Waals surface area contributed by atoms with Crippen LogP contribution in [0.1, 0.15) is 23.2 Å². The highest BCUT2D eigenvalue weighted by Crippen LogP contribution is 2.26. The van der Waals surface area contributed by atoms with Gasteiger partial charge in [-0.15, -0.1) is 0 Å². The number of rotatable bonds is 3. The van der Waals surface area contributed by atoms with Gasteiger partial charge in [-0.3, -0.25) is 4.68 Å². The highest BCUT2D eigenvalue weighted by atomic mass is 15.2. The number of aromatic nitrogens is 2. The summed E-state index contributed by atoms with van der Waals surface area (Å²) in [5.74, 6) is 0. The summed E-state index contributed by atoms with van der Waals surface area (Å²) < 4.78 is 1.96. The molecule has 1 N–H and O–H groups in total. The van der Waals surface area contributed by atoms with Gasteiger partial charge < -0.3 is 5.32 Å². The van der Waals surface area contributed by atoms with Crippen molar-refractivity contribution in [1.29, 1.82) is 0 Å². The van der Waals surface area contributed by atoms with Crippen molar-refractivity contribution in [3.63, 3.8) is 0 Å². The first-order chi connectivity index (χ1) is 8.84. The molecule has 0 saturated heterocycles. The fourth-order valence-corrected chi connectivity index (χ4v) is 2.70. The van der Waals surface area contributed by atoms with Gasteiger partial charge in [-0.1, -0.05) is 18.2 Å². The number of fused-ring (bicyclic) bond motifs is 1. The summed E-state index contributed by atoms with van der Waals surface area (Å²) in [5, 5.41) is 7.77. The van der Waals surface area contributed by atoms with Gasteiger partial charge in [-0.25, -0.2) is 0 Å². The van der Waals surface area contributed by atoms with Gasteiger partial charge in [0.2, 0.25) is 0 Å². The molecule has 0 saturated carbocycles. The summed E-state index contributed by atoms with van der Waals surface area (Å²) in [5.41, 5.74) is 5.59. The van der Waals surface area contributed by atoms with Gasteiger partial charge in [-0.2, -0.15) is 5.10 Å². The smallest absolute Gasteiger partial charge is 0.0492 e. The Kier molecular flexibility index (Phi) is 3.05. The molecule has 2 heterocycles. The van der Waals surface area contributed by atoms with Crippen molar-refractivity contribution in [3.05, 3.63) is 47.3 Å². The Morgan fingerprint density at radius 1 is 1.28 bits per heavy atom. The largest absolute Gasteiger partial charge is 0.385 e. The van der Waals surface area contributed by atoms with Gasteiger partial charge in [0, 0.05) is 31.2 Å². The van der Waals surface area contributed by atoms with E-state index in [0.29, 0.717) is 0 Å². The fourth-order valence-electron chi connectivity index (χ4n) is 2.70. The van der Waals surface area contributed by atoms with Crippen molar-refractivity contribution in [1.82, 2.24) is 9.78 Å². The molecule has 3 heteroatoms. The number of hydrogen-bond donors (Lipinski definition) is 1. The third-order valence-electron chi connectivity index (χ3n) is 3.73. The molecule has 0 radical (unpaired) electrons. The molecule has 94 valence electrons. The molecular weight excluding hydrogens is 222 g/mol. The minimum atomic E-state index is 1.05. The second-order valence-corrected chi connectivity index (χ2v) is 4.93. The molecule has 1 aromatic heterocycles. The van der Waals surface area contributed by atoms with Crippen molar-refractivity contribution in [2.75, 3.05) is 11.9 Å². The minimum absolute atomic E-state index is 1.05. The Morgan fingerprint density at radius 2 is 2.22 bits per heavy atom. The molecule has 1 aromatic carbocycles. The van der Waals surface area contributed by atoms with Crippen molar-refractivity contribution in [3.8, 4) is 0 Å². The number of nitrogens with zero attached hydrogens (tertiary/aromatic N) is 2. The lowest BCUT2D eigenvalue weighted by Crippen LogP contribution is -2.14. The average Bonchev–Trinajstić information content (AvgIpc) is 2.82. The quantitative estimate of drug-likeness (QED) is 0.895. The number of benzene rings is 1. The van der Waals surface area contributed by atoms with E-state index in [-0.39, 0.29) is 0 Å². The first-order valence-corrected chi connectivity index (χ1v) is 6.66. The van der Waals surface area contributed by atoms with Crippen molar-refractivity contribution in [2.24, 2.45) is 7.05 Å². The molecule has 1 aliphatic rings. The van der Waals surface area contributed by atoms with Gasteiger partial charge in [-0.05, 0) is 42.9 Å². The number of para-hydroxylation sites is 1. The van der Waals surface area contributed by atoms with E-state index in [1.54, 1.807) is 0 Å². The monoisotopic (exact) mass is 241 g/mol. The molecule has 0 bridgehead atoms. The zero-order valence-corrected chi connectivity index (χ0v) is 10.8. The van der Waals surface area contributed by atoms with Gasteiger partial charge in [0.25, 0.3) is 0 Å². The van der Waals surface area contributed by atoms with Gasteiger partial charge in [0.1, 0.15) is 0 Å². The molecule has 0 aliphatic carbocycles. The second-order valence-electron chi connectivity index (χ2n) is 4.93. The Balaban J connectivity index is 1.79. The normalized spacial score (nSPS) is 14.1. The van der Waals surface area contributed by atoms with E-state index in [9.17, 15) is 0 Å². The van der Waals surface area contributed by atoms with E-state index < -0.39 is 0 Å². The average molecular weight is 241 g/mol. The summed E-state index contributed by atoms with van der Waals surface area (Å²) in [6.45, 7) is 1.11. The lowest BCUT2D eigenvalue weighted by Gasteiger charge is -2.21. The lowest BCUT2D eigenvalue weighted by atomic mass is 9.96. The van der Waals surface area contributed by atoms with Crippen LogP contribution >= 0.6 is 0 Å². The zero-order valence-electron chi connectivity index (χ0n) is 10.8. The van der Waals surface area contributed by atoms with Gasteiger partial charge in [0.15, 0.2) is 0 Å². The number of anilines is 1. The highest BCUT2D eigenvalue weighted by Gasteiger charge is 2.12. The topological polar surface area (TPSA) is 29.9 Å². The first-order valence-electron chi connectivity index (χ1n) is 6.66. The molecule has 0 fully saturated rings. The lowest BCUT2D eigenvalue weighted by molar-refractivity contribution is 0.702. The van der Waals surface area contributed by atoms with Crippen molar-refractivity contribution < 1.29 is 0 Å². The first kappa shape index (κ1) is 11.3. The minimum Gasteiger partial charge on any atom is -0.385 e. The van der Waals surface area contributed by atoms with E-state index in [1.807, 2.05) is 17.9 Å². The number of aryl methyl sites for hydroxylation is 4. The van der Waals surface area contributed by atoms with Gasteiger partial charge >= 0.3 is 0 Å². The summed E-state index contributed by atoms with van der Waals surface area (Å²) in [7, 11) is 2.01. The van der Waals surface area contributed by atoms with E-state index in [2.05, 4.69) is 34.7 Å². The summed E-state index contributed by atoms with van der Waals surface area (Å²) in [6.07, 6.45) is 6.46. The Labute approximate surface area is 108 Å². The van der Waals surface area contributed by atoms with Crippen LogP contribution in [0.4, 0.5) is 5.69 Å². The maximum Gasteiger partial charge on any atom is 0.0492 e. The molecule has 3 rings (SSSR count). The maximum atomic E-state index is 4.22. The molecule has 3 nitrogen and oxygen atoms in total.